The maximum Gasteiger partial charge on any atom is 0.342 e. The predicted octanol–water partition coefficient (Wildman–Crippen LogP) is 0.486. The molecule has 0 atom stereocenters. The highest BCUT2D eigenvalue weighted by atomic mass is 32.2. The standard InChI is InChI=1S/C16H26N2O7S/c1-11-13(15(19)22-3)14(12(2)25-11)26(20,21)18-6-9-24-16(10-17)4-7-23-8-5-16/h18H,4-10,17H2,1-3H3. The zero-order valence-electron chi connectivity index (χ0n) is 15.3. The minimum atomic E-state index is -3.97. The summed E-state index contributed by atoms with van der Waals surface area (Å²) < 4.78 is 48.8. The molecule has 0 radical (unpaired) electrons. The molecule has 0 amide bonds. The Kier molecular flexibility index (Phi) is 6.80. The van der Waals surface area contributed by atoms with Crippen LogP contribution in [-0.4, -0.2) is 60.0 Å². The molecule has 0 saturated carbocycles. The first-order valence-electron chi connectivity index (χ1n) is 8.36. The first-order valence-corrected chi connectivity index (χ1v) is 9.84. The zero-order chi connectivity index (χ0) is 19.4. The van der Waals surface area contributed by atoms with Gasteiger partial charge in [-0.1, -0.05) is 0 Å². The van der Waals surface area contributed by atoms with Gasteiger partial charge in [-0.15, -0.1) is 0 Å². The van der Waals surface area contributed by atoms with Crippen molar-refractivity contribution in [1.29, 1.82) is 0 Å². The van der Waals surface area contributed by atoms with Gasteiger partial charge in [0.15, 0.2) is 0 Å². The van der Waals surface area contributed by atoms with Crippen molar-refractivity contribution in [3.05, 3.63) is 17.1 Å². The number of methoxy groups -OCH3 is 1. The minimum absolute atomic E-state index is 0.0369. The highest BCUT2D eigenvalue weighted by Crippen LogP contribution is 2.27. The van der Waals surface area contributed by atoms with E-state index in [4.69, 9.17) is 19.6 Å². The SMILES string of the molecule is COC(=O)c1c(C)oc(C)c1S(=O)(=O)NCCOC1(CN)CCOCC1. The summed E-state index contributed by atoms with van der Waals surface area (Å²) in [6.45, 7) is 4.66. The van der Waals surface area contributed by atoms with Crippen LogP contribution >= 0.6 is 0 Å². The molecule has 0 spiro atoms. The van der Waals surface area contributed by atoms with E-state index in [2.05, 4.69) is 9.46 Å². The summed E-state index contributed by atoms with van der Waals surface area (Å²) in [5, 5.41) is 0. The van der Waals surface area contributed by atoms with Crippen LogP contribution in [0.5, 0.6) is 0 Å². The summed E-state index contributed by atoms with van der Waals surface area (Å²) in [6.07, 6.45) is 1.34. The van der Waals surface area contributed by atoms with Gasteiger partial charge in [0.25, 0.3) is 0 Å². The quantitative estimate of drug-likeness (QED) is 0.484. The minimum Gasteiger partial charge on any atom is -0.465 e. The van der Waals surface area contributed by atoms with Crippen LogP contribution in [0.3, 0.4) is 0 Å². The van der Waals surface area contributed by atoms with E-state index in [-0.39, 0.29) is 35.1 Å². The summed E-state index contributed by atoms with van der Waals surface area (Å²) in [5.41, 5.74) is 5.23. The average Bonchev–Trinajstić information content (AvgIpc) is 2.93. The summed E-state index contributed by atoms with van der Waals surface area (Å²) in [6, 6.07) is 0. The Labute approximate surface area is 153 Å². The second-order valence-electron chi connectivity index (χ2n) is 6.16. The highest BCUT2D eigenvalue weighted by molar-refractivity contribution is 7.89. The van der Waals surface area contributed by atoms with E-state index in [0.717, 1.165) is 0 Å². The summed E-state index contributed by atoms with van der Waals surface area (Å²) in [7, 11) is -2.78. The normalized spacial score (nSPS) is 17.2. The van der Waals surface area contributed by atoms with Gasteiger partial charge in [-0.05, 0) is 13.8 Å². The first kappa shape index (κ1) is 20.8. The fourth-order valence-corrected chi connectivity index (χ4v) is 4.40. The lowest BCUT2D eigenvalue weighted by Gasteiger charge is -2.36. The van der Waals surface area contributed by atoms with Gasteiger partial charge < -0.3 is 24.4 Å². The Morgan fingerprint density at radius 1 is 1.27 bits per heavy atom. The van der Waals surface area contributed by atoms with E-state index in [1.807, 2.05) is 0 Å². The lowest BCUT2D eigenvalue weighted by atomic mass is 9.94. The smallest absolute Gasteiger partial charge is 0.342 e. The summed E-state index contributed by atoms with van der Waals surface area (Å²) >= 11 is 0. The Balaban J connectivity index is 2.04. The Hall–Kier alpha value is -1.46. The largest absolute Gasteiger partial charge is 0.465 e. The van der Waals surface area contributed by atoms with Gasteiger partial charge in [0.1, 0.15) is 22.0 Å². The van der Waals surface area contributed by atoms with Crippen molar-refractivity contribution in [1.82, 2.24) is 4.72 Å². The molecule has 10 heteroatoms. The van der Waals surface area contributed by atoms with Crippen molar-refractivity contribution in [3.63, 3.8) is 0 Å². The molecule has 0 bridgehead atoms. The van der Waals surface area contributed by atoms with Crippen LogP contribution in [-0.2, 0) is 24.2 Å². The van der Waals surface area contributed by atoms with Gasteiger partial charge in [-0.25, -0.2) is 17.9 Å². The van der Waals surface area contributed by atoms with E-state index in [0.29, 0.717) is 32.6 Å². The van der Waals surface area contributed by atoms with Gasteiger partial charge in [0.2, 0.25) is 10.0 Å². The molecule has 0 aromatic carbocycles. The van der Waals surface area contributed by atoms with Crippen LogP contribution in [0, 0.1) is 13.8 Å². The van der Waals surface area contributed by atoms with E-state index < -0.39 is 21.6 Å². The number of furan rings is 1. The molecule has 1 aromatic rings. The number of hydrogen-bond donors (Lipinski definition) is 2. The number of aryl methyl sites for hydroxylation is 2. The Morgan fingerprint density at radius 2 is 1.92 bits per heavy atom. The molecule has 148 valence electrons. The van der Waals surface area contributed by atoms with Crippen LogP contribution in [0.15, 0.2) is 9.31 Å². The highest BCUT2D eigenvalue weighted by Gasteiger charge is 2.33. The number of ether oxygens (including phenoxy) is 3. The molecule has 1 saturated heterocycles. The molecule has 1 aliphatic rings. The molecule has 2 heterocycles. The maximum atomic E-state index is 12.6. The number of esters is 1. The van der Waals surface area contributed by atoms with Crippen molar-refractivity contribution in [2.45, 2.75) is 37.2 Å². The average molecular weight is 390 g/mol. The van der Waals surface area contributed by atoms with Crippen molar-refractivity contribution in [2.75, 3.05) is 40.0 Å². The Morgan fingerprint density at radius 3 is 2.50 bits per heavy atom. The second-order valence-corrected chi connectivity index (χ2v) is 7.86. The lowest BCUT2D eigenvalue weighted by Crippen LogP contribution is -2.46. The maximum absolute atomic E-state index is 12.6. The van der Waals surface area contributed by atoms with Gasteiger partial charge >= 0.3 is 5.97 Å². The fraction of sp³-hybridized carbons (Fsp3) is 0.688. The molecule has 9 nitrogen and oxygen atoms in total. The number of sulfonamides is 1. The van der Waals surface area contributed by atoms with E-state index in [1.165, 1.54) is 21.0 Å². The van der Waals surface area contributed by atoms with Crippen molar-refractivity contribution in [3.8, 4) is 0 Å². The van der Waals surface area contributed by atoms with Gasteiger partial charge in [-0.2, -0.15) is 0 Å². The van der Waals surface area contributed by atoms with Gasteiger partial charge in [0, 0.05) is 39.1 Å². The number of hydrogen-bond acceptors (Lipinski definition) is 8. The number of rotatable bonds is 8. The molecular weight excluding hydrogens is 364 g/mol. The third kappa shape index (κ3) is 4.44. The molecule has 1 aliphatic heterocycles. The molecule has 26 heavy (non-hydrogen) atoms. The number of carbonyl (C=O) groups excluding carboxylic acids is 1. The van der Waals surface area contributed by atoms with E-state index >= 15 is 0 Å². The van der Waals surface area contributed by atoms with Crippen molar-refractivity contribution >= 4 is 16.0 Å². The Bertz CT molecular complexity index is 736. The topological polar surface area (TPSA) is 130 Å². The summed E-state index contributed by atoms with van der Waals surface area (Å²) in [5.74, 6) is -0.449. The lowest BCUT2D eigenvalue weighted by molar-refractivity contribution is -0.103. The number of nitrogens with two attached hydrogens (primary N) is 1. The van der Waals surface area contributed by atoms with Gasteiger partial charge in [0.05, 0.1) is 19.3 Å². The fourth-order valence-electron chi connectivity index (χ4n) is 2.99. The molecule has 2 rings (SSSR count). The molecule has 1 fully saturated rings. The van der Waals surface area contributed by atoms with Crippen LogP contribution in [0.4, 0.5) is 0 Å². The second kappa shape index (κ2) is 8.49. The number of carbonyl (C=O) groups is 1. The van der Waals surface area contributed by atoms with Crippen LogP contribution < -0.4 is 10.5 Å². The molecule has 3 N–H and O–H groups in total. The molecule has 0 unspecified atom stereocenters. The first-order chi connectivity index (χ1) is 12.3. The van der Waals surface area contributed by atoms with Crippen LogP contribution in [0.1, 0.15) is 34.7 Å². The third-order valence-electron chi connectivity index (χ3n) is 4.44. The molecule has 0 aliphatic carbocycles. The summed E-state index contributed by atoms with van der Waals surface area (Å²) in [4.78, 5) is 11.7. The monoisotopic (exact) mass is 390 g/mol. The molecular formula is C16H26N2O7S. The van der Waals surface area contributed by atoms with Crippen molar-refractivity contribution < 1.29 is 31.8 Å². The third-order valence-corrected chi connectivity index (χ3v) is 6.05. The zero-order valence-corrected chi connectivity index (χ0v) is 16.1. The predicted molar refractivity (Wildman–Crippen MR) is 92.5 cm³/mol. The number of nitrogens with one attached hydrogen (secondary N) is 1. The van der Waals surface area contributed by atoms with Crippen molar-refractivity contribution in [2.24, 2.45) is 5.73 Å². The van der Waals surface area contributed by atoms with E-state index in [9.17, 15) is 13.2 Å². The van der Waals surface area contributed by atoms with E-state index in [1.54, 1.807) is 0 Å². The van der Waals surface area contributed by atoms with Crippen LogP contribution in [0.25, 0.3) is 0 Å². The van der Waals surface area contributed by atoms with Crippen LogP contribution in [0.2, 0.25) is 0 Å². The van der Waals surface area contributed by atoms with Gasteiger partial charge in [-0.3, -0.25) is 0 Å². The molecule has 1 aromatic heterocycles.